The van der Waals surface area contributed by atoms with Crippen LogP contribution in [0, 0.1) is 13.8 Å². The second kappa shape index (κ2) is 13.1. The molecule has 3 aromatic carbocycles. The zero-order chi connectivity index (χ0) is 38.7. The molecular weight excluding hydrogens is 731 g/mol. The van der Waals surface area contributed by atoms with E-state index >= 15 is 0 Å². The van der Waals surface area contributed by atoms with E-state index in [0.717, 1.165) is 22.3 Å². The number of aliphatic hydroxyl groups excluding tert-OH is 1. The average molecular weight is 776 g/mol. The lowest BCUT2D eigenvalue weighted by Gasteiger charge is -2.62. The van der Waals surface area contributed by atoms with Crippen LogP contribution in [0.3, 0.4) is 0 Å². The molecule has 0 radical (unpaired) electrons. The Morgan fingerprint density at radius 1 is 0.982 bits per heavy atom. The molecule has 0 saturated carbocycles. The van der Waals surface area contributed by atoms with E-state index in [1.165, 1.54) is 18.7 Å². The molecule has 15 heteroatoms. The van der Waals surface area contributed by atoms with Gasteiger partial charge in [-0.05, 0) is 68.1 Å². The number of piperazine rings is 1. The zero-order valence-electron chi connectivity index (χ0n) is 31.8. The van der Waals surface area contributed by atoms with Crippen LogP contribution in [0.25, 0.3) is 0 Å². The highest BCUT2D eigenvalue weighted by Crippen LogP contribution is 2.64. The largest absolute Gasteiger partial charge is 0.504 e. The van der Waals surface area contributed by atoms with E-state index in [9.17, 15) is 19.8 Å². The maximum Gasteiger partial charge on any atom is 0.331 e. The number of hydrogen-bond acceptors (Lipinski definition) is 15. The van der Waals surface area contributed by atoms with Gasteiger partial charge in [-0.3, -0.25) is 19.9 Å². The minimum absolute atomic E-state index is 0.0497. The monoisotopic (exact) mass is 775 g/mol. The van der Waals surface area contributed by atoms with Gasteiger partial charge in [0.15, 0.2) is 40.0 Å². The molecule has 7 aliphatic heterocycles. The molecule has 3 aromatic rings. The summed E-state index contributed by atoms with van der Waals surface area (Å²) in [4.78, 5) is 31.9. The summed E-state index contributed by atoms with van der Waals surface area (Å²) in [6.45, 7) is 5.39. The molecule has 2 saturated heterocycles. The summed E-state index contributed by atoms with van der Waals surface area (Å²) in [5.74, 6) is 1.97. The molecule has 7 atom stereocenters. The molecule has 4 bridgehead atoms. The van der Waals surface area contributed by atoms with Gasteiger partial charge in [-0.1, -0.05) is 6.07 Å². The van der Waals surface area contributed by atoms with Gasteiger partial charge in [0.1, 0.15) is 18.6 Å². The van der Waals surface area contributed by atoms with Crippen LogP contribution < -0.4 is 33.7 Å². The number of phenolic OH excluding ortho intramolecular Hbond substituents is 1. The van der Waals surface area contributed by atoms with E-state index in [4.69, 9.17) is 33.2 Å². The third kappa shape index (κ3) is 5.02. The van der Waals surface area contributed by atoms with Crippen molar-refractivity contribution in [3.05, 3.63) is 62.7 Å². The molecule has 0 aromatic heterocycles. The number of nitrogens with zero attached hydrogens (tertiary/aromatic N) is 2. The standard InChI is InChI=1S/C40H45N3O11S/c1-17-10-21-11-23-38(46)43-24-14-51-39(47)40(22-13-26(49-6)25(48-5)12-20(22)8-9-41-40)15-55-37(31(43)30(42(23)4)27(21)32(45)33(17)50-7)29-28(24)36-35(52-16-53-36)18(2)34(29)54-19(3)44/h10,12-13,23-24,30-31,37-38,41,45-46H,8-9,11,14-16H2,1-7H3/t23-,24-,30-,31?,37-,38+,40-/m1/s1. The first-order valence-electron chi connectivity index (χ1n) is 18.5. The van der Waals surface area contributed by atoms with Crippen LogP contribution in [0.1, 0.15) is 68.8 Å². The summed E-state index contributed by atoms with van der Waals surface area (Å²) in [6.07, 6.45) is 0.0818. The summed E-state index contributed by atoms with van der Waals surface area (Å²) in [7, 11) is 6.66. The summed E-state index contributed by atoms with van der Waals surface area (Å²) < 4.78 is 41.9. The second-order valence-electron chi connectivity index (χ2n) is 15.1. The molecule has 0 amide bonds. The maximum absolute atomic E-state index is 14.8. The van der Waals surface area contributed by atoms with Crippen molar-refractivity contribution in [3.8, 4) is 40.2 Å². The molecule has 3 N–H and O–H groups in total. The van der Waals surface area contributed by atoms with E-state index in [1.54, 1.807) is 21.3 Å². The number of nitrogens with one attached hydrogen (secondary N) is 1. The molecule has 14 nitrogen and oxygen atoms in total. The van der Waals surface area contributed by atoms with Crippen LogP contribution in [0.4, 0.5) is 0 Å². The van der Waals surface area contributed by atoms with E-state index in [1.807, 2.05) is 44.0 Å². The fraction of sp³-hybridized carbons (Fsp3) is 0.500. The minimum atomic E-state index is -1.30. The van der Waals surface area contributed by atoms with E-state index < -0.39 is 47.1 Å². The minimum Gasteiger partial charge on any atom is -0.504 e. The number of benzene rings is 3. The van der Waals surface area contributed by atoms with Crippen molar-refractivity contribution >= 4 is 23.7 Å². The van der Waals surface area contributed by atoms with Crippen molar-refractivity contribution < 1.29 is 53.0 Å². The van der Waals surface area contributed by atoms with Gasteiger partial charge in [-0.25, -0.2) is 4.79 Å². The number of thioether (sulfide) groups is 1. The summed E-state index contributed by atoms with van der Waals surface area (Å²) in [5.41, 5.74) is 4.74. The van der Waals surface area contributed by atoms with Crippen LogP contribution >= 0.6 is 11.8 Å². The first kappa shape index (κ1) is 36.2. The topological polar surface area (TPSA) is 158 Å². The number of hydrogen-bond donors (Lipinski definition) is 3. The van der Waals surface area contributed by atoms with Crippen molar-refractivity contribution in [1.82, 2.24) is 15.1 Å². The number of rotatable bonds is 4. The number of esters is 2. The van der Waals surface area contributed by atoms with E-state index in [2.05, 4.69) is 10.2 Å². The zero-order valence-corrected chi connectivity index (χ0v) is 32.6. The van der Waals surface area contributed by atoms with Crippen molar-refractivity contribution in [3.63, 3.8) is 0 Å². The van der Waals surface area contributed by atoms with Crippen LogP contribution in [-0.2, 0) is 32.7 Å². The van der Waals surface area contributed by atoms with Gasteiger partial charge in [-0.2, -0.15) is 0 Å². The van der Waals surface area contributed by atoms with Gasteiger partial charge in [-0.15, -0.1) is 11.8 Å². The summed E-state index contributed by atoms with van der Waals surface area (Å²) in [6, 6.07) is 3.65. The fourth-order valence-corrected chi connectivity index (χ4v) is 11.8. The number of aromatic hydroxyl groups is 1. The van der Waals surface area contributed by atoms with Crippen molar-refractivity contribution in [1.29, 1.82) is 0 Å². The summed E-state index contributed by atoms with van der Waals surface area (Å²) >= 11 is 1.50. The number of phenols is 1. The lowest BCUT2D eigenvalue weighted by molar-refractivity contribution is -0.186. The van der Waals surface area contributed by atoms with Gasteiger partial charge in [0.05, 0.1) is 44.7 Å². The molecule has 2 fully saturated rings. The van der Waals surface area contributed by atoms with Crippen molar-refractivity contribution in [2.24, 2.45) is 0 Å². The number of likely N-dealkylation sites (N-methyl/N-ethyl adjacent to an activating group) is 1. The normalized spacial score (nSPS) is 29.1. The van der Waals surface area contributed by atoms with Crippen molar-refractivity contribution in [2.75, 3.05) is 54.1 Å². The Balaban J connectivity index is 1.31. The van der Waals surface area contributed by atoms with E-state index in [0.29, 0.717) is 76.1 Å². The number of methoxy groups -OCH3 is 3. The second-order valence-corrected chi connectivity index (χ2v) is 16.2. The molecule has 10 rings (SSSR count). The van der Waals surface area contributed by atoms with Crippen LogP contribution in [0.15, 0.2) is 18.2 Å². The van der Waals surface area contributed by atoms with Gasteiger partial charge < -0.3 is 43.4 Å². The van der Waals surface area contributed by atoms with Gasteiger partial charge >= 0.3 is 11.9 Å². The predicted molar refractivity (Wildman–Crippen MR) is 199 cm³/mol. The van der Waals surface area contributed by atoms with Gasteiger partial charge in [0, 0.05) is 47.5 Å². The lowest BCUT2D eigenvalue weighted by Crippen LogP contribution is -2.70. The first-order valence-corrected chi connectivity index (χ1v) is 19.5. The predicted octanol–water partition coefficient (Wildman–Crippen LogP) is 3.72. The highest BCUT2D eigenvalue weighted by Gasteiger charge is 2.61. The number of carbonyl (C=O) groups is 2. The smallest absolute Gasteiger partial charge is 0.331 e. The van der Waals surface area contributed by atoms with Crippen LogP contribution in [0.2, 0.25) is 0 Å². The van der Waals surface area contributed by atoms with Gasteiger partial charge in [0.2, 0.25) is 6.79 Å². The van der Waals surface area contributed by atoms with Crippen LogP contribution in [-0.4, -0.2) is 104 Å². The highest BCUT2D eigenvalue weighted by atomic mass is 32.2. The number of aliphatic hydroxyl groups is 1. The Hall–Kier alpha value is -4.41. The van der Waals surface area contributed by atoms with E-state index in [-0.39, 0.29) is 30.9 Å². The third-order valence-corrected chi connectivity index (χ3v) is 13.9. The Kier molecular flexibility index (Phi) is 8.62. The molecule has 1 spiro atoms. The molecule has 7 aliphatic rings. The highest BCUT2D eigenvalue weighted by molar-refractivity contribution is 7.99. The average Bonchev–Trinajstić information content (AvgIpc) is 3.66. The number of aryl methyl sites for hydroxylation is 1. The number of fused-ring (bicyclic) bond motifs is 9. The van der Waals surface area contributed by atoms with Gasteiger partial charge in [0.25, 0.3) is 0 Å². The quantitative estimate of drug-likeness (QED) is 0.260. The molecule has 292 valence electrons. The Labute approximate surface area is 322 Å². The maximum atomic E-state index is 14.8. The molecule has 0 aliphatic carbocycles. The first-order chi connectivity index (χ1) is 26.4. The fourth-order valence-electron chi connectivity index (χ4n) is 10.1. The Bertz CT molecular complexity index is 2150. The summed E-state index contributed by atoms with van der Waals surface area (Å²) in [5, 5.41) is 27.6. The SMILES string of the molecule is COc1cc2c(cc1OC)[C@@]1(CS[C@@H]3c4c(OC(C)=O)c(C)c5c(c4[C@@H](COC1=O)N1C3[C@H]3c4c(cc(C)c(OC)c4O)C[C@H]([C@@H]1O)N3C)OCO5)NCC2. The molecule has 7 heterocycles. The van der Waals surface area contributed by atoms with Crippen LogP contribution in [0.5, 0.6) is 40.2 Å². The molecular formula is C40H45N3O11S. The lowest BCUT2D eigenvalue weighted by atomic mass is 9.73. The number of ether oxygens (including phenoxy) is 7. The molecule has 55 heavy (non-hydrogen) atoms. The van der Waals surface area contributed by atoms with Crippen molar-refractivity contribution in [2.45, 2.75) is 74.8 Å². The third-order valence-electron chi connectivity index (χ3n) is 12.5. The number of carbonyl (C=O) groups excluding carboxylic acids is 2. The Morgan fingerprint density at radius 2 is 1.73 bits per heavy atom. The Morgan fingerprint density at radius 3 is 2.45 bits per heavy atom. The molecule has 1 unspecified atom stereocenters.